The first-order chi connectivity index (χ1) is 6.76. The number of aryl methyl sites for hydroxylation is 1. The van der Waals surface area contributed by atoms with Crippen molar-refractivity contribution in [2.45, 2.75) is 19.3 Å². The molecule has 1 N–H and O–H groups in total. The highest BCUT2D eigenvalue weighted by Gasteiger charge is 2.30. The van der Waals surface area contributed by atoms with E-state index in [1.165, 1.54) is 4.57 Å². The van der Waals surface area contributed by atoms with Crippen molar-refractivity contribution in [3.05, 3.63) is 32.7 Å². The topological polar surface area (TPSA) is 59.3 Å². The van der Waals surface area contributed by atoms with Crippen LogP contribution in [0.25, 0.3) is 0 Å². The molecule has 15 heavy (non-hydrogen) atoms. The van der Waals surface area contributed by atoms with Crippen LogP contribution in [0.5, 0.6) is 0 Å². The highest BCUT2D eigenvalue weighted by atomic mass is 79.9. The molecule has 0 unspecified atom stereocenters. The predicted molar refractivity (Wildman–Crippen MR) is 60.0 cm³/mol. The number of aromatic nitrogens is 1. The van der Waals surface area contributed by atoms with Crippen molar-refractivity contribution < 1.29 is 9.90 Å². The van der Waals surface area contributed by atoms with Crippen LogP contribution in [0.4, 0.5) is 0 Å². The molecule has 0 bridgehead atoms. The van der Waals surface area contributed by atoms with Crippen LogP contribution < -0.4 is 5.56 Å². The zero-order valence-corrected chi connectivity index (χ0v) is 10.3. The quantitative estimate of drug-likeness (QED) is 0.889. The molecule has 1 heterocycles. The van der Waals surface area contributed by atoms with Gasteiger partial charge in [-0.15, -0.1) is 0 Å². The van der Waals surface area contributed by atoms with Crippen LogP contribution in [0.15, 0.2) is 21.5 Å². The third kappa shape index (κ3) is 2.12. The van der Waals surface area contributed by atoms with Crippen molar-refractivity contribution >= 4 is 21.9 Å². The van der Waals surface area contributed by atoms with Crippen molar-refractivity contribution in [2.75, 3.05) is 0 Å². The summed E-state index contributed by atoms with van der Waals surface area (Å²) in [4.78, 5) is 22.4. The second kappa shape index (κ2) is 3.81. The van der Waals surface area contributed by atoms with Gasteiger partial charge in [-0.3, -0.25) is 9.59 Å². The molecule has 0 atom stereocenters. The number of pyridine rings is 1. The minimum Gasteiger partial charge on any atom is -0.481 e. The molecule has 0 aliphatic rings. The fourth-order valence-electron chi connectivity index (χ4n) is 1.14. The van der Waals surface area contributed by atoms with Crippen LogP contribution in [0.2, 0.25) is 0 Å². The molecule has 1 aromatic rings. The Kier molecular flexibility index (Phi) is 3.04. The lowest BCUT2D eigenvalue weighted by Gasteiger charge is -2.20. The number of aliphatic carboxylic acids is 1. The summed E-state index contributed by atoms with van der Waals surface area (Å²) in [6.07, 6.45) is 1.54. The lowest BCUT2D eigenvalue weighted by molar-refractivity contribution is -0.142. The molecule has 82 valence electrons. The van der Waals surface area contributed by atoms with E-state index in [0.717, 1.165) is 0 Å². The number of hydrogen-bond acceptors (Lipinski definition) is 2. The van der Waals surface area contributed by atoms with Crippen LogP contribution in [-0.2, 0) is 17.3 Å². The smallest absolute Gasteiger partial charge is 0.313 e. The van der Waals surface area contributed by atoms with Gasteiger partial charge in [-0.2, -0.15) is 0 Å². The summed E-state index contributed by atoms with van der Waals surface area (Å²) in [5.41, 5.74) is -0.600. The number of halogens is 1. The van der Waals surface area contributed by atoms with E-state index in [0.29, 0.717) is 10.0 Å². The monoisotopic (exact) mass is 273 g/mol. The van der Waals surface area contributed by atoms with Crippen LogP contribution >= 0.6 is 15.9 Å². The van der Waals surface area contributed by atoms with Gasteiger partial charge < -0.3 is 9.67 Å². The molecule has 1 rings (SSSR count). The number of nitrogens with zero attached hydrogens (tertiary/aromatic N) is 1. The van der Waals surface area contributed by atoms with Crippen molar-refractivity contribution in [1.82, 2.24) is 4.57 Å². The molecule has 0 amide bonds. The van der Waals surface area contributed by atoms with Gasteiger partial charge >= 0.3 is 5.97 Å². The Morgan fingerprint density at radius 2 is 2.07 bits per heavy atom. The Hall–Kier alpha value is -1.10. The summed E-state index contributed by atoms with van der Waals surface area (Å²) in [5.74, 6) is -0.923. The third-order valence-corrected chi connectivity index (χ3v) is 2.96. The Bertz CT molecular complexity index is 436. The molecule has 0 fully saturated rings. The molecule has 0 spiro atoms. The Balaban J connectivity index is 3.41. The second-order valence-corrected chi connectivity index (χ2v) is 4.78. The molecule has 0 radical (unpaired) electrons. The maximum absolute atomic E-state index is 11.4. The summed E-state index contributed by atoms with van der Waals surface area (Å²) >= 11 is 3.11. The predicted octanol–water partition coefficient (Wildman–Crippen LogP) is 1.51. The van der Waals surface area contributed by atoms with Crippen molar-refractivity contribution in [3.8, 4) is 0 Å². The van der Waals surface area contributed by atoms with Gasteiger partial charge in [-0.25, -0.2) is 0 Å². The standard InChI is InChI=1S/C10H12BrNO3/c1-10(2,9(14)15)6-4-7(11)8(13)12(3)5-6/h4-5H,1-3H3,(H,14,15). The fraction of sp³-hybridized carbons (Fsp3) is 0.400. The Morgan fingerprint density at radius 3 is 2.47 bits per heavy atom. The first-order valence-electron chi connectivity index (χ1n) is 4.37. The zero-order chi connectivity index (χ0) is 11.8. The minimum absolute atomic E-state index is 0.181. The first kappa shape index (κ1) is 12.0. The van der Waals surface area contributed by atoms with Crippen molar-refractivity contribution in [2.24, 2.45) is 7.05 Å². The van der Waals surface area contributed by atoms with Crippen LogP contribution in [0.1, 0.15) is 19.4 Å². The van der Waals surface area contributed by atoms with Crippen molar-refractivity contribution in [3.63, 3.8) is 0 Å². The maximum Gasteiger partial charge on any atom is 0.313 e. The average molecular weight is 274 g/mol. The van der Waals surface area contributed by atoms with Gasteiger partial charge in [-0.1, -0.05) is 0 Å². The molecule has 0 aliphatic carbocycles. The molecule has 1 aromatic heterocycles. The van der Waals surface area contributed by atoms with E-state index < -0.39 is 11.4 Å². The van der Waals surface area contributed by atoms with Gasteiger partial charge in [0, 0.05) is 13.2 Å². The normalized spacial score (nSPS) is 11.5. The molecule has 0 aromatic carbocycles. The summed E-state index contributed by atoms with van der Waals surface area (Å²) in [6.45, 7) is 3.20. The van der Waals surface area contributed by atoms with E-state index >= 15 is 0 Å². The molecule has 5 heteroatoms. The number of hydrogen-bond donors (Lipinski definition) is 1. The summed E-state index contributed by atoms with van der Waals surface area (Å²) in [5, 5.41) is 9.04. The lowest BCUT2D eigenvalue weighted by atomic mass is 9.86. The Labute approximate surface area is 95.7 Å². The number of carboxylic acids is 1. The van der Waals surface area contributed by atoms with E-state index in [1.54, 1.807) is 33.2 Å². The lowest BCUT2D eigenvalue weighted by Crippen LogP contribution is -2.31. The summed E-state index contributed by atoms with van der Waals surface area (Å²) in [7, 11) is 1.59. The van der Waals surface area contributed by atoms with Gasteiger partial charge in [0.15, 0.2) is 0 Å². The van der Waals surface area contributed by atoms with E-state index in [1.807, 2.05) is 0 Å². The molecule has 4 nitrogen and oxygen atoms in total. The van der Waals surface area contributed by atoms with Gasteiger partial charge in [0.25, 0.3) is 5.56 Å². The number of carbonyl (C=O) groups is 1. The van der Waals surface area contributed by atoms with Crippen LogP contribution in [0.3, 0.4) is 0 Å². The summed E-state index contributed by atoms with van der Waals surface area (Å²) < 4.78 is 1.74. The number of rotatable bonds is 2. The first-order valence-corrected chi connectivity index (χ1v) is 5.16. The Morgan fingerprint density at radius 1 is 1.53 bits per heavy atom. The summed E-state index contributed by atoms with van der Waals surface area (Å²) in [6, 6.07) is 1.55. The highest BCUT2D eigenvalue weighted by Crippen LogP contribution is 2.24. The zero-order valence-electron chi connectivity index (χ0n) is 8.74. The highest BCUT2D eigenvalue weighted by molar-refractivity contribution is 9.10. The molecular weight excluding hydrogens is 262 g/mol. The molecule has 0 aliphatic heterocycles. The largest absolute Gasteiger partial charge is 0.481 e. The van der Waals surface area contributed by atoms with Crippen molar-refractivity contribution in [1.29, 1.82) is 0 Å². The SMILES string of the molecule is Cn1cc(C(C)(C)C(=O)O)cc(Br)c1=O. The van der Waals surface area contributed by atoms with Crippen LogP contribution in [-0.4, -0.2) is 15.6 Å². The van der Waals surface area contributed by atoms with E-state index in [9.17, 15) is 9.59 Å². The van der Waals surface area contributed by atoms with Gasteiger partial charge in [0.05, 0.1) is 9.89 Å². The minimum atomic E-state index is -1.01. The molecular formula is C10H12BrNO3. The van der Waals surface area contributed by atoms with Gasteiger partial charge in [-0.05, 0) is 41.4 Å². The third-order valence-electron chi connectivity index (χ3n) is 2.40. The van der Waals surface area contributed by atoms with Crippen LogP contribution in [0, 0.1) is 0 Å². The van der Waals surface area contributed by atoms with E-state index in [4.69, 9.17) is 5.11 Å². The van der Waals surface area contributed by atoms with E-state index in [2.05, 4.69) is 15.9 Å². The second-order valence-electron chi connectivity index (χ2n) is 3.92. The molecule has 0 saturated heterocycles. The fourth-order valence-corrected chi connectivity index (χ4v) is 1.66. The maximum atomic E-state index is 11.4. The number of carboxylic acid groups (broad SMARTS) is 1. The average Bonchev–Trinajstić information content (AvgIpc) is 2.13. The van der Waals surface area contributed by atoms with E-state index in [-0.39, 0.29) is 5.56 Å². The van der Waals surface area contributed by atoms with Gasteiger partial charge in [0.2, 0.25) is 0 Å². The molecule has 0 saturated carbocycles. The van der Waals surface area contributed by atoms with Gasteiger partial charge in [0.1, 0.15) is 0 Å².